The van der Waals surface area contributed by atoms with Gasteiger partial charge >= 0.3 is 0 Å². The van der Waals surface area contributed by atoms with Gasteiger partial charge in [-0.3, -0.25) is 0 Å². The fourth-order valence-corrected chi connectivity index (χ4v) is 1.75. The number of nitrogens with one attached hydrogen (secondary N) is 1. The van der Waals surface area contributed by atoms with Crippen molar-refractivity contribution in [1.82, 2.24) is 9.55 Å². The molecule has 2 rings (SSSR count). The van der Waals surface area contributed by atoms with Crippen LogP contribution in [0.25, 0.3) is 0 Å². The van der Waals surface area contributed by atoms with E-state index in [4.69, 9.17) is 0 Å². The molecule has 4 heteroatoms. The van der Waals surface area contributed by atoms with Crippen molar-refractivity contribution >= 4 is 5.69 Å². The predicted octanol–water partition coefficient (Wildman–Crippen LogP) is 2.83. The fourth-order valence-electron chi connectivity index (χ4n) is 1.75. The maximum absolute atomic E-state index is 13.1. The van der Waals surface area contributed by atoms with E-state index in [1.807, 2.05) is 23.8 Å². The monoisotopic (exact) mass is 233 g/mol. The molecule has 1 aromatic carbocycles. The molecule has 0 spiro atoms. The minimum Gasteiger partial charge on any atom is -0.385 e. The van der Waals surface area contributed by atoms with E-state index in [0.29, 0.717) is 0 Å². The number of aryl methyl sites for hydroxylation is 2. The van der Waals surface area contributed by atoms with Crippen LogP contribution in [-0.4, -0.2) is 16.1 Å². The van der Waals surface area contributed by atoms with E-state index >= 15 is 0 Å². The van der Waals surface area contributed by atoms with Gasteiger partial charge in [-0.1, -0.05) is 0 Å². The van der Waals surface area contributed by atoms with Crippen molar-refractivity contribution in [1.29, 1.82) is 0 Å². The zero-order valence-corrected chi connectivity index (χ0v) is 9.86. The van der Waals surface area contributed by atoms with Crippen LogP contribution in [0.15, 0.2) is 36.9 Å². The number of hydrogen-bond donors (Lipinski definition) is 1. The number of anilines is 1. The lowest BCUT2D eigenvalue weighted by Gasteiger charge is -2.07. The highest BCUT2D eigenvalue weighted by Crippen LogP contribution is 2.13. The Bertz CT molecular complexity index is 445. The minimum atomic E-state index is -0.192. The molecule has 0 bridgehead atoms. The molecule has 0 saturated carbocycles. The largest absolute Gasteiger partial charge is 0.385 e. The second-order valence-electron chi connectivity index (χ2n) is 4.10. The number of imidazole rings is 1. The molecule has 17 heavy (non-hydrogen) atoms. The van der Waals surface area contributed by atoms with E-state index < -0.39 is 0 Å². The maximum Gasteiger partial charge on any atom is 0.125 e. The Kier molecular flexibility index (Phi) is 3.75. The quantitative estimate of drug-likeness (QED) is 0.805. The van der Waals surface area contributed by atoms with Gasteiger partial charge in [0, 0.05) is 31.2 Å². The number of aromatic nitrogens is 2. The van der Waals surface area contributed by atoms with Crippen molar-refractivity contribution in [3.8, 4) is 0 Å². The van der Waals surface area contributed by atoms with E-state index in [9.17, 15) is 4.39 Å². The van der Waals surface area contributed by atoms with Crippen LogP contribution in [0.3, 0.4) is 0 Å². The Hall–Kier alpha value is -1.84. The third-order valence-corrected chi connectivity index (χ3v) is 2.52. The molecular formula is C13H16FN3. The first-order chi connectivity index (χ1) is 8.24. The molecule has 0 radical (unpaired) electrons. The van der Waals surface area contributed by atoms with Crippen molar-refractivity contribution in [2.45, 2.75) is 19.9 Å². The van der Waals surface area contributed by atoms with Crippen LogP contribution in [0.1, 0.15) is 12.0 Å². The third-order valence-electron chi connectivity index (χ3n) is 2.52. The van der Waals surface area contributed by atoms with Gasteiger partial charge in [-0.15, -0.1) is 0 Å². The molecule has 0 aliphatic rings. The summed E-state index contributed by atoms with van der Waals surface area (Å²) < 4.78 is 15.1. The second kappa shape index (κ2) is 5.48. The number of hydrogen-bond acceptors (Lipinski definition) is 2. The first kappa shape index (κ1) is 11.6. The van der Waals surface area contributed by atoms with Gasteiger partial charge < -0.3 is 9.88 Å². The Morgan fingerprint density at radius 2 is 2.24 bits per heavy atom. The van der Waals surface area contributed by atoms with Crippen LogP contribution in [0, 0.1) is 12.7 Å². The molecule has 90 valence electrons. The van der Waals surface area contributed by atoms with Gasteiger partial charge in [0.15, 0.2) is 0 Å². The van der Waals surface area contributed by atoms with Crippen molar-refractivity contribution in [2.75, 3.05) is 11.9 Å². The lowest BCUT2D eigenvalue weighted by Crippen LogP contribution is -2.06. The summed E-state index contributed by atoms with van der Waals surface area (Å²) in [5.74, 6) is -0.192. The zero-order chi connectivity index (χ0) is 12.1. The summed E-state index contributed by atoms with van der Waals surface area (Å²) in [4.78, 5) is 3.98. The molecule has 0 saturated heterocycles. The van der Waals surface area contributed by atoms with Gasteiger partial charge in [0.25, 0.3) is 0 Å². The van der Waals surface area contributed by atoms with Crippen LogP contribution >= 0.6 is 0 Å². The Morgan fingerprint density at radius 3 is 2.94 bits per heavy atom. The van der Waals surface area contributed by atoms with Crippen LogP contribution < -0.4 is 5.32 Å². The van der Waals surface area contributed by atoms with E-state index in [0.717, 1.165) is 30.8 Å². The standard InChI is InChI=1S/C13H16FN3/c1-11-7-12(14)9-13(8-11)16-3-2-5-17-6-4-15-10-17/h4,6-10,16H,2-3,5H2,1H3. The zero-order valence-electron chi connectivity index (χ0n) is 9.86. The van der Waals surface area contributed by atoms with E-state index in [1.165, 1.54) is 12.1 Å². The second-order valence-corrected chi connectivity index (χ2v) is 4.10. The first-order valence-corrected chi connectivity index (χ1v) is 5.71. The highest BCUT2D eigenvalue weighted by atomic mass is 19.1. The van der Waals surface area contributed by atoms with Gasteiger partial charge in [-0.2, -0.15) is 0 Å². The van der Waals surface area contributed by atoms with E-state index in [2.05, 4.69) is 10.3 Å². The van der Waals surface area contributed by atoms with Crippen molar-refractivity contribution in [2.24, 2.45) is 0 Å². The Balaban J connectivity index is 1.78. The number of nitrogens with zero attached hydrogens (tertiary/aromatic N) is 2. The number of halogens is 1. The van der Waals surface area contributed by atoms with Crippen LogP contribution in [0.2, 0.25) is 0 Å². The summed E-state index contributed by atoms with van der Waals surface area (Å²) in [5, 5.41) is 3.22. The van der Waals surface area contributed by atoms with Crippen molar-refractivity contribution in [3.63, 3.8) is 0 Å². The van der Waals surface area contributed by atoms with Gasteiger partial charge in [-0.05, 0) is 37.1 Å². The Morgan fingerprint density at radius 1 is 1.35 bits per heavy atom. The average Bonchev–Trinajstić information content (AvgIpc) is 2.76. The summed E-state index contributed by atoms with van der Waals surface area (Å²) in [6.07, 6.45) is 6.48. The first-order valence-electron chi connectivity index (χ1n) is 5.71. The Labute approximate surface area is 100 Å². The van der Waals surface area contributed by atoms with Crippen LogP contribution in [-0.2, 0) is 6.54 Å². The molecule has 0 atom stereocenters. The number of rotatable bonds is 5. The minimum absolute atomic E-state index is 0.192. The molecule has 3 nitrogen and oxygen atoms in total. The van der Waals surface area contributed by atoms with Gasteiger partial charge in [0.05, 0.1) is 6.33 Å². The summed E-state index contributed by atoms with van der Waals surface area (Å²) in [7, 11) is 0. The number of benzene rings is 1. The van der Waals surface area contributed by atoms with Crippen LogP contribution in [0.5, 0.6) is 0 Å². The fraction of sp³-hybridized carbons (Fsp3) is 0.308. The lowest BCUT2D eigenvalue weighted by molar-refractivity contribution is 0.626. The highest BCUT2D eigenvalue weighted by Gasteiger charge is 1.97. The topological polar surface area (TPSA) is 29.9 Å². The van der Waals surface area contributed by atoms with E-state index in [1.54, 1.807) is 12.5 Å². The average molecular weight is 233 g/mol. The SMILES string of the molecule is Cc1cc(F)cc(NCCCn2ccnc2)c1. The molecule has 0 amide bonds. The molecule has 0 aliphatic carbocycles. The molecule has 0 aliphatic heterocycles. The van der Waals surface area contributed by atoms with Gasteiger partial charge in [0.2, 0.25) is 0 Å². The van der Waals surface area contributed by atoms with Gasteiger partial charge in [0.1, 0.15) is 5.82 Å². The smallest absolute Gasteiger partial charge is 0.125 e. The van der Waals surface area contributed by atoms with Crippen molar-refractivity contribution in [3.05, 3.63) is 48.3 Å². The van der Waals surface area contributed by atoms with E-state index in [-0.39, 0.29) is 5.82 Å². The molecule has 1 heterocycles. The summed E-state index contributed by atoms with van der Waals surface area (Å²) in [6.45, 7) is 3.63. The summed E-state index contributed by atoms with van der Waals surface area (Å²) >= 11 is 0. The molecule has 1 N–H and O–H groups in total. The maximum atomic E-state index is 13.1. The summed E-state index contributed by atoms with van der Waals surface area (Å²) in [6, 6.07) is 4.99. The molecule has 1 aromatic heterocycles. The molecule has 0 unspecified atom stereocenters. The lowest BCUT2D eigenvalue weighted by atomic mass is 10.2. The normalized spacial score (nSPS) is 10.5. The van der Waals surface area contributed by atoms with Gasteiger partial charge in [-0.25, -0.2) is 9.37 Å². The molecular weight excluding hydrogens is 217 g/mol. The molecule has 0 fully saturated rings. The van der Waals surface area contributed by atoms with Crippen molar-refractivity contribution < 1.29 is 4.39 Å². The third kappa shape index (κ3) is 3.59. The van der Waals surface area contributed by atoms with Crippen LogP contribution in [0.4, 0.5) is 10.1 Å². The molecule has 2 aromatic rings. The predicted molar refractivity (Wildman–Crippen MR) is 66.5 cm³/mol. The summed E-state index contributed by atoms with van der Waals surface area (Å²) in [5.41, 5.74) is 1.77. The highest BCUT2D eigenvalue weighted by molar-refractivity contribution is 5.45.